The van der Waals surface area contributed by atoms with Crippen molar-refractivity contribution in [1.29, 1.82) is 0 Å². The van der Waals surface area contributed by atoms with Gasteiger partial charge in [-0.15, -0.1) is 0 Å². The molecule has 0 saturated heterocycles. The maximum absolute atomic E-state index is 11.9. The smallest absolute Gasteiger partial charge is 0.220 e. The Morgan fingerprint density at radius 3 is 2.62 bits per heavy atom. The minimum atomic E-state index is -0.679. The lowest BCUT2D eigenvalue weighted by Crippen LogP contribution is -2.45. The van der Waals surface area contributed by atoms with E-state index in [2.05, 4.69) is 24.4 Å². The monoisotopic (exact) mass is 289 g/mol. The van der Waals surface area contributed by atoms with Crippen LogP contribution in [0.2, 0.25) is 0 Å². The van der Waals surface area contributed by atoms with Crippen molar-refractivity contribution in [2.45, 2.75) is 57.5 Å². The van der Waals surface area contributed by atoms with Crippen molar-refractivity contribution in [3.63, 3.8) is 0 Å². The minimum absolute atomic E-state index is 0.0537. The van der Waals surface area contributed by atoms with E-state index in [1.165, 1.54) is 5.56 Å². The van der Waals surface area contributed by atoms with Gasteiger partial charge in [-0.2, -0.15) is 0 Å². The van der Waals surface area contributed by atoms with Gasteiger partial charge in [0.2, 0.25) is 5.91 Å². The molecule has 1 aromatic carbocycles. The van der Waals surface area contributed by atoms with E-state index in [-0.39, 0.29) is 5.91 Å². The van der Waals surface area contributed by atoms with Crippen LogP contribution in [0.3, 0.4) is 0 Å². The largest absolute Gasteiger partial charge is 0.388 e. The molecule has 116 valence electrons. The first-order valence-electron chi connectivity index (χ1n) is 8.10. The van der Waals surface area contributed by atoms with Crippen LogP contribution in [0.25, 0.3) is 0 Å². The molecule has 3 nitrogen and oxygen atoms in total. The van der Waals surface area contributed by atoms with Crippen LogP contribution in [0.4, 0.5) is 0 Å². The first-order valence-corrected chi connectivity index (χ1v) is 8.10. The molecule has 0 radical (unpaired) electrons. The van der Waals surface area contributed by atoms with Crippen LogP contribution in [0, 0.1) is 5.92 Å². The molecule has 1 amide bonds. The lowest BCUT2D eigenvalue weighted by Gasteiger charge is -2.34. The number of nitrogens with one attached hydrogen (secondary N) is 1. The highest BCUT2D eigenvalue weighted by Crippen LogP contribution is 2.31. The van der Waals surface area contributed by atoms with E-state index < -0.39 is 5.60 Å². The third-order valence-corrected chi connectivity index (χ3v) is 4.53. The topological polar surface area (TPSA) is 49.3 Å². The number of hydrogen-bond donors (Lipinski definition) is 2. The Labute approximate surface area is 127 Å². The molecule has 2 rings (SSSR count). The number of hydrogen-bond acceptors (Lipinski definition) is 2. The summed E-state index contributed by atoms with van der Waals surface area (Å²) in [4.78, 5) is 11.9. The van der Waals surface area contributed by atoms with Gasteiger partial charge < -0.3 is 10.4 Å². The van der Waals surface area contributed by atoms with Crippen molar-refractivity contribution >= 4 is 5.91 Å². The summed E-state index contributed by atoms with van der Waals surface area (Å²) in [6.45, 7) is 2.63. The maximum atomic E-state index is 11.9. The van der Waals surface area contributed by atoms with Gasteiger partial charge in [0.25, 0.3) is 0 Å². The number of amides is 1. The fraction of sp³-hybridized carbons (Fsp3) is 0.611. The van der Waals surface area contributed by atoms with E-state index in [0.29, 0.717) is 18.9 Å². The van der Waals surface area contributed by atoms with Gasteiger partial charge >= 0.3 is 0 Å². The van der Waals surface area contributed by atoms with Gasteiger partial charge in [-0.05, 0) is 50.0 Å². The SMILES string of the molecule is CC1CCC(O)(CNC(=O)CCCc2ccccc2)CC1. The van der Waals surface area contributed by atoms with Gasteiger partial charge in [0, 0.05) is 13.0 Å². The Morgan fingerprint density at radius 1 is 1.29 bits per heavy atom. The first-order chi connectivity index (χ1) is 10.1. The number of aryl methyl sites for hydroxylation is 1. The molecule has 0 heterocycles. The zero-order valence-electron chi connectivity index (χ0n) is 13.0. The minimum Gasteiger partial charge on any atom is -0.388 e. The summed E-state index contributed by atoms with van der Waals surface area (Å²) in [6.07, 6.45) is 6.03. The van der Waals surface area contributed by atoms with Gasteiger partial charge in [-0.3, -0.25) is 4.79 Å². The van der Waals surface area contributed by atoms with Crippen LogP contribution in [-0.4, -0.2) is 23.2 Å². The molecule has 0 aliphatic heterocycles. The predicted octanol–water partition coefficient (Wildman–Crippen LogP) is 3.07. The van der Waals surface area contributed by atoms with Crippen LogP contribution in [0.5, 0.6) is 0 Å². The summed E-state index contributed by atoms with van der Waals surface area (Å²) in [5.41, 5.74) is 0.590. The predicted molar refractivity (Wildman–Crippen MR) is 85.0 cm³/mol. The normalized spacial score (nSPS) is 25.5. The Bertz CT molecular complexity index is 436. The molecule has 1 aromatic rings. The van der Waals surface area contributed by atoms with E-state index in [0.717, 1.165) is 38.5 Å². The Balaban J connectivity index is 1.63. The molecule has 3 heteroatoms. The highest BCUT2D eigenvalue weighted by atomic mass is 16.3. The van der Waals surface area contributed by atoms with Crippen LogP contribution < -0.4 is 5.32 Å². The van der Waals surface area contributed by atoms with Crippen molar-refractivity contribution in [3.05, 3.63) is 35.9 Å². The number of carbonyl (C=O) groups is 1. The first kappa shape index (κ1) is 16.0. The third kappa shape index (κ3) is 5.50. The van der Waals surface area contributed by atoms with Crippen molar-refractivity contribution in [1.82, 2.24) is 5.32 Å². The molecule has 0 bridgehead atoms. The lowest BCUT2D eigenvalue weighted by atomic mass is 9.79. The van der Waals surface area contributed by atoms with Crippen LogP contribution in [-0.2, 0) is 11.2 Å². The molecule has 0 spiro atoms. The molecular formula is C18H27NO2. The van der Waals surface area contributed by atoms with Gasteiger partial charge in [0.15, 0.2) is 0 Å². The molecule has 1 saturated carbocycles. The van der Waals surface area contributed by atoms with Crippen LogP contribution in [0.15, 0.2) is 30.3 Å². The Kier molecular flexibility index (Phi) is 5.80. The fourth-order valence-electron chi connectivity index (χ4n) is 2.93. The second-order valence-corrected chi connectivity index (χ2v) is 6.52. The summed E-state index contributed by atoms with van der Waals surface area (Å²) >= 11 is 0. The Morgan fingerprint density at radius 2 is 1.95 bits per heavy atom. The van der Waals surface area contributed by atoms with Gasteiger partial charge in [0.1, 0.15) is 0 Å². The van der Waals surface area contributed by atoms with E-state index >= 15 is 0 Å². The number of benzene rings is 1. The van der Waals surface area contributed by atoms with Crippen molar-refractivity contribution in [2.75, 3.05) is 6.54 Å². The van der Waals surface area contributed by atoms with E-state index in [4.69, 9.17) is 0 Å². The quantitative estimate of drug-likeness (QED) is 0.845. The molecule has 0 unspecified atom stereocenters. The van der Waals surface area contributed by atoms with E-state index in [1.807, 2.05) is 18.2 Å². The third-order valence-electron chi connectivity index (χ3n) is 4.53. The second kappa shape index (κ2) is 7.60. The average molecular weight is 289 g/mol. The summed E-state index contributed by atoms with van der Waals surface area (Å²) in [7, 11) is 0. The van der Waals surface area contributed by atoms with Crippen LogP contribution >= 0.6 is 0 Å². The zero-order chi connectivity index (χ0) is 15.1. The summed E-state index contributed by atoms with van der Waals surface area (Å²) < 4.78 is 0. The molecule has 0 atom stereocenters. The molecule has 2 N–H and O–H groups in total. The molecule has 1 fully saturated rings. The van der Waals surface area contributed by atoms with E-state index in [9.17, 15) is 9.90 Å². The van der Waals surface area contributed by atoms with Gasteiger partial charge in [-0.1, -0.05) is 37.3 Å². The fourth-order valence-corrected chi connectivity index (χ4v) is 2.93. The highest BCUT2D eigenvalue weighted by Gasteiger charge is 2.31. The van der Waals surface area contributed by atoms with Gasteiger partial charge in [0.05, 0.1) is 5.60 Å². The lowest BCUT2D eigenvalue weighted by molar-refractivity contribution is -0.122. The second-order valence-electron chi connectivity index (χ2n) is 6.52. The molecule has 1 aliphatic rings. The number of aliphatic hydroxyl groups is 1. The highest BCUT2D eigenvalue weighted by molar-refractivity contribution is 5.75. The zero-order valence-corrected chi connectivity index (χ0v) is 13.0. The molecule has 21 heavy (non-hydrogen) atoms. The average Bonchev–Trinajstić information content (AvgIpc) is 2.50. The standard InChI is InChI=1S/C18H27NO2/c1-15-10-12-18(21,13-11-15)14-19-17(20)9-5-8-16-6-3-2-4-7-16/h2-4,6-7,15,21H,5,8-14H2,1H3,(H,19,20). The summed E-state index contributed by atoms with van der Waals surface area (Å²) in [5, 5.41) is 13.3. The van der Waals surface area contributed by atoms with Crippen molar-refractivity contribution in [3.8, 4) is 0 Å². The van der Waals surface area contributed by atoms with E-state index in [1.54, 1.807) is 0 Å². The maximum Gasteiger partial charge on any atom is 0.220 e. The van der Waals surface area contributed by atoms with Crippen molar-refractivity contribution in [2.24, 2.45) is 5.92 Å². The number of carbonyl (C=O) groups excluding carboxylic acids is 1. The molecule has 0 aromatic heterocycles. The van der Waals surface area contributed by atoms with Gasteiger partial charge in [-0.25, -0.2) is 0 Å². The molecule has 1 aliphatic carbocycles. The summed E-state index contributed by atoms with van der Waals surface area (Å²) in [5.74, 6) is 0.754. The molecular weight excluding hydrogens is 262 g/mol. The number of rotatable bonds is 6. The Hall–Kier alpha value is -1.35. The van der Waals surface area contributed by atoms with Crippen molar-refractivity contribution < 1.29 is 9.90 Å². The van der Waals surface area contributed by atoms with Crippen LogP contribution in [0.1, 0.15) is 51.0 Å². The summed E-state index contributed by atoms with van der Waals surface area (Å²) in [6, 6.07) is 10.2.